The van der Waals surface area contributed by atoms with E-state index >= 15 is 0 Å². The fraction of sp³-hybridized carbons (Fsp3) is 0.211. The summed E-state index contributed by atoms with van der Waals surface area (Å²) in [5, 5.41) is 12.1. The van der Waals surface area contributed by atoms with Gasteiger partial charge in [0.05, 0.1) is 22.5 Å². The number of thioether (sulfide) groups is 1. The fourth-order valence-corrected chi connectivity index (χ4v) is 3.48. The van der Waals surface area contributed by atoms with Gasteiger partial charge in [-0.25, -0.2) is 0 Å². The molecule has 1 N–H and O–H groups in total. The van der Waals surface area contributed by atoms with Gasteiger partial charge in [-0.3, -0.25) is 4.79 Å². The van der Waals surface area contributed by atoms with E-state index in [1.54, 1.807) is 12.1 Å². The average molecular weight is 387 g/mol. The molecule has 0 aliphatic carbocycles. The van der Waals surface area contributed by atoms with Gasteiger partial charge in [0.2, 0.25) is 5.91 Å². The number of rotatable bonds is 6. The van der Waals surface area contributed by atoms with Crippen molar-refractivity contribution in [3.8, 4) is 0 Å². The molecule has 0 fully saturated rings. The lowest BCUT2D eigenvalue weighted by atomic mass is 10.2. The van der Waals surface area contributed by atoms with Gasteiger partial charge >= 0.3 is 0 Å². The van der Waals surface area contributed by atoms with Crippen molar-refractivity contribution in [1.29, 1.82) is 0 Å². The Morgan fingerprint density at radius 3 is 2.58 bits per heavy atom. The number of nitrogens with zero attached hydrogens (tertiary/aromatic N) is 3. The summed E-state index contributed by atoms with van der Waals surface area (Å²) in [5.74, 6) is 0.685. The van der Waals surface area contributed by atoms with Crippen molar-refractivity contribution in [2.24, 2.45) is 0 Å². The first kappa shape index (κ1) is 18.5. The minimum atomic E-state index is -0.343. The number of para-hydroxylation sites is 1. The van der Waals surface area contributed by atoms with E-state index in [1.807, 2.05) is 48.7 Å². The predicted molar refractivity (Wildman–Crippen MR) is 106 cm³/mol. The highest BCUT2D eigenvalue weighted by Crippen LogP contribution is 2.26. The van der Waals surface area contributed by atoms with Crippen LogP contribution in [0.3, 0.4) is 0 Å². The number of halogens is 1. The highest BCUT2D eigenvalue weighted by atomic mass is 35.5. The summed E-state index contributed by atoms with van der Waals surface area (Å²) in [4.78, 5) is 12.5. The molecule has 0 aliphatic rings. The Bertz CT molecular complexity index is 898. The molecule has 3 rings (SSSR count). The molecule has 0 radical (unpaired) electrons. The van der Waals surface area contributed by atoms with Crippen molar-refractivity contribution in [3.63, 3.8) is 0 Å². The molecular weight excluding hydrogens is 368 g/mol. The van der Waals surface area contributed by atoms with Gasteiger partial charge in [0, 0.05) is 0 Å². The Kier molecular flexibility index (Phi) is 5.96. The van der Waals surface area contributed by atoms with E-state index in [9.17, 15) is 4.79 Å². The third-order valence-electron chi connectivity index (χ3n) is 3.87. The molecule has 1 heterocycles. The predicted octanol–water partition coefficient (Wildman–Crippen LogP) is 4.41. The van der Waals surface area contributed by atoms with Crippen molar-refractivity contribution >= 4 is 35.0 Å². The maximum Gasteiger partial charge on any atom is 0.237 e. The number of nitrogens with one attached hydrogen (secondary N) is 1. The number of aromatic nitrogens is 3. The number of carbonyl (C=O) groups excluding carboxylic acids is 1. The van der Waals surface area contributed by atoms with Crippen molar-refractivity contribution in [2.75, 3.05) is 5.32 Å². The average Bonchev–Trinajstić information content (AvgIpc) is 2.98. The molecule has 134 valence electrons. The Labute approximate surface area is 161 Å². The van der Waals surface area contributed by atoms with Crippen LogP contribution in [0.1, 0.15) is 18.3 Å². The van der Waals surface area contributed by atoms with Crippen LogP contribution in [0.2, 0.25) is 5.02 Å². The second-order valence-electron chi connectivity index (χ2n) is 5.83. The van der Waals surface area contributed by atoms with Gasteiger partial charge < -0.3 is 9.88 Å². The molecule has 2 aromatic carbocycles. The molecule has 3 aromatic rings. The Morgan fingerprint density at radius 2 is 1.85 bits per heavy atom. The fourth-order valence-electron chi connectivity index (χ4n) is 2.41. The summed E-state index contributed by atoms with van der Waals surface area (Å²) >= 11 is 7.48. The van der Waals surface area contributed by atoms with E-state index < -0.39 is 0 Å². The Morgan fingerprint density at radius 1 is 1.15 bits per heavy atom. The summed E-state index contributed by atoms with van der Waals surface area (Å²) < 4.78 is 2.01. The van der Waals surface area contributed by atoms with E-state index in [1.165, 1.54) is 11.8 Å². The Hall–Kier alpha value is -2.31. The minimum Gasteiger partial charge on any atom is -0.324 e. The molecule has 1 amide bonds. The van der Waals surface area contributed by atoms with Crippen molar-refractivity contribution in [1.82, 2.24) is 14.8 Å². The molecule has 26 heavy (non-hydrogen) atoms. The maximum atomic E-state index is 12.5. The van der Waals surface area contributed by atoms with Crippen molar-refractivity contribution in [3.05, 3.63) is 71.0 Å². The molecule has 5 nitrogen and oxygen atoms in total. The molecule has 1 atom stereocenters. The van der Waals surface area contributed by atoms with E-state index in [4.69, 9.17) is 11.6 Å². The van der Waals surface area contributed by atoms with Crippen LogP contribution in [-0.4, -0.2) is 25.9 Å². The monoisotopic (exact) mass is 386 g/mol. The van der Waals surface area contributed by atoms with Crippen molar-refractivity contribution in [2.45, 2.75) is 30.8 Å². The van der Waals surface area contributed by atoms with E-state index in [0.29, 0.717) is 22.4 Å². The summed E-state index contributed by atoms with van der Waals surface area (Å²) in [6.07, 6.45) is 0. The normalized spacial score (nSPS) is 12.0. The lowest BCUT2D eigenvalue weighted by molar-refractivity contribution is -0.115. The number of carbonyl (C=O) groups is 1. The molecule has 0 saturated carbocycles. The topological polar surface area (TPSA) is 59.8 Å². The van der Waals surface area contributed by atoms with Gasteiger partial charge in [0.25, 0.3) is 0 Å². The van der Waals surface area contributed by atoms with Crippen LogP contribution in [0, 0.1) is 6.92 Å². The first-order valence-corrected chi connectivity index (χ1v) is 9.46. The summed E-state index contributed by atoms with van der Waals surface area (Å²) in [6, 6.07) is 17.3. The quantitative estimate of drug-likeness (QED) is 0.637. The minimum absolute atomic E-state index is 0.130. The van der Waals surface area contributed by atoms with Gasteiger partial charge in [0.15, 0.2) is 5.16 Å². The van der Waals surface area contributed by atoms with Crippen LogP contribution < -0.4 is 5.32 Å². The number of aryl methyl sites for hydroxylation is 1. The molecule has 0 bridgehead atoms. The summed E-state index contributed by atoms with van der Waals surface area (Å²) in [6.45, 7) is 4.42. The number of hydrogen-bond acceptors (Lipinski definition) is 4. The van der Waals surface area contributed by atoms with Crippen LogP contribution in [-0.2, 0) is 11.3 Å². The maximum absolute atomic E-state index is 12.5. The smallest absolute Gasteiger partial charge is 0.237 e. The van der Waals surface area contributed by atoms with E-state index in [0.717, 1.165) is 11.4 Å². The third-order valence-corrected chi connectivity index (χ3v) is 5.28. The second-order valence-corrected chi connectivity index (χ2v) is 7.55. The van der Waals surface area contributed by atoms with Crippen LogP contribution in [0.15, 0.2) is 59.8 Å². The number of hydrogen-bond donors (Lipinski definition) is 1. The van der Waals surface area contributed by atoms with Crippen molar-refractivity contribution < 1.29 is 4.79 Å². The largest absolute Gasteiger partial charge is 0.324 e. The first-order valence-electron chi connectivity index (χ1n) is 8.20. The van der Waals surface area contributed by atoms with Crippen LogP contribution >= 0.6 is 23.4 Å². The molecule has 0 unspecified atom stereocenters. The number of benzene rings is 2. The highest BCUT2D eigenvalue weighted by molar-refractivity contribution is 8.00. The lowest BCUT2D eigenvalue weighted by Crippen LogP contribution is -2.23. The van der Waals surface area contributed by atoms with E-state index in [2.05, 4.69) is 27.6 Å². The molecule has 0 spiro atoms. The zero-order valence-electron chi connectivity index (χ0n) is 14.5. The Balaban J connectivity index is 1.70. The third kappa shape index (κ3) is 4.45. The first-order chi connectivity index (χ1) is 12.5. The van der Waals surface area contributed by atoms with Crippen LogP contribution in [0.4, 0.5) is 5.69 Å². The molecule has 0 aliphatic heterocycles. The molecular formula is C19H19ClN4OS. The molecule has 0 saturated heterocycles. The number of amides is 1. The number of anilines is 1. The van der Waals surface area contributed by atoms with Gasteiger partial charge in [-0.05, 0) is 31.5 Å². The SMILES string of the molecule is Cc1nnc(S[C@H](C)C(=O)Nc2ccccc2Cl)n1Cc1ccccc1. The second kappa shape index (κ2) is 8.38. The van der Waals surface area contributed by atoms with Crippen LogP contribution in [0.25, 0.3) is 0 Å². The van der Waals surface area contributed by atoms with Crippen LogP contribution in [0.5, 0.6) is 0 Å². The van der Waals surface area contributed by atoms with Gasteiger partial charge in [-0.2, -0.15) is 0 Å². The summed E-state index contributed by atoms with van der Waals surface area (Å²) in [7, 11) is 0. The zero-order chi connectivity index (χ0) is 18.5. The standard InChI is InChI=1S/C19H19ClN4OS/c1-13(18(25)21-17-11-7-6-10-16(17)20)26-19-23-22-14(2)24(19)12-15-8-4-3-5-9-15/h3-11,13H,12H2,1-2H3,(H,21,25)/t13-/m1/s1. The molecule has 1 aromatic heterocycles. The van der Waals surface area contributed by atoms with Gasteiger partial charge in [0.1, 0.15) is 5.82 Å². The van der Waals surface area contributed by atoms with Gasteiger partial charge in [-0.1, -0.05) is 65.8 Å². The molecule has 7 heteroatoms. The van der Waals surface area contributed by atoms with Gasteiger partial charge in [-0.15, -0.1) is 10.2 Å². The summed E-state index contributed by atoms with van der Waals surface area (Å²) in [5.41, 5.74) is 1.76. The lowest BCUT2D eigenvalue weighted by Gasteiger charge is -2.14. The highest BCUT2D eigenvalue weighted by Gasteiger charge is 2.20. The zero-order valence-corrected chi connectivity index (χ0v) is 16.1. The van der Waals surface area contributed by atoms with E-state index in [-0.39, 0.29) is 11.2 Å².